The number of hydrogen-bond acceptors (Lipinski definition) is 2. The van der Waals surface area contributed by atoms with Gasteiger partial charge in [-0.25, -0.2) is 0 Å². The highest BCUT2D eigenvalue weighted by atomic mass is 16.1. The summed E-state index contributed by atoms with van der Waals surface area (Å²) in [5.41, 5.74) is 5.27. The first-order valence-electron chi connectivity index (χ1n) is 6.47. The lowest BCUT2D eigenvalue weighted by molar-refractivity contribution is -0.120. The number of rotatable bonds is 5. The normalized spacial score (nSPS) is 12.3. The van der Waals surface area contributed by atoms with E-state index in [9.17, 15) is 4.79 Å². The summed E-state index contributed by atoms with van der Waals surface area (Å²) in [6.07, 6.45) is 0.519. The van der Waals surface area contributed by atoms with Gasteiger partial charge in [0.15, 0.2) is 0 Å². The molecule has 100 valence electrons. The molecule has 3 nitrogen and oxygen atoms in total. The Morgan fingerprint density at radius 1 is 1.22 bits per heavy atom. The summed E-state index contributed by atoms with van der Waals surface area (Å²) in [6, 6.07) is 4.69. The van der Waals surface area contributed by atoms with Gasteiger partial charge in [-0.15, -0.1) is 0 Å². The van der Waals surface area contributed by atoms with Crippen LogP contribution in [0.2, 0.25) is 0 Å². The van der Waals surface area contributed by atoms with Crippen molar-refractivity contribution < 1.29 is 4.79 Å². The standard InChI is InChI=1S/C15H24N2O/c1-10-8-11(2)15(12(3)9-10)13(4)17-7-6-14(18)16-5/h8-9,13,17H,6-7H2,1-5H3,(H,16,18). The molecule has 0 saturated carbocycles. The van der Waals surface area contributed by atoms with Crippen LogP contribution >= 0.6 is 0 Å². The molecule has 0 aliphatic heterocycles. The van der Waals surface area contributed by atoms with Crippen LogP contribution in [0.4, 0.5) is 0 Å². The van der Waals surface area contributed by atoms with Crippen molar-refractivity contribution in [3.63, 3.8) is 0 Å². The SMILES string of the molecule is CNC(=O)CCNC(C)c1c(C)cc(C)cc1C. The molecule has 0 radical (unpaired) electrons. The van der Waals surface area contributed by atoms with Gasteiger partial charge in [0.1, 0.15) is 0 Å². The summed E-state index contributed by atoms with van der Waals surface area (Å²) < 4.78 is 0. The number of hydrogen-bond donors (Lipinski definition) is 2. The van der Waals surface area contributed by atoms with Gasteiger partial charge < -0.3 is 10.6 Å². The van der Waals surface area contributed by atoms with Gasteiger partial charge in [0.05, 0.1) is 0 Å². The van der Waals surface area contributed by atoms with E-state index in [1.807, 2.05) is 0 Å². The molecule has 1 aromatic carbocycles. The van der Waals surface area contributed by atoms with Crippen molar-refractivity contribution in [1.82, 2.24) is 10.6 Å². The van der Waals surface area contributed by atoms with Crippen molar-refractivity contribution in [2.45, 2.75) is 40.2 Å². The minimum absolute atomic E-state index is 0.0760. The number of aryl methyl sites for hydroxylation is 3. The summed E-state index contributed by atoms with van der Waals surface area (Å²) in [4.78, 5) is 11.2. The first-order valence-corrected chi connectivity index (χ1v) is 6.47. The highest BCUT2D eigenvalue weighted by molar-refractivity contribution is 5.75. The molecule has 3 heteroatoms. The molecule has 0 aliphatic carbocycles. The summed E-state index contributed by atoms with van der Waals surface area (Å²) >= 11 is 0. The third-order valence-electron chi connectivity index (χ3n) is 3.25. The number of nitrogens with one attached hydrogen (secondary N) is 2. The summed E-state index contributed by atoms with van der Waals surface area (Å²) in [7, 11) is 1.67. The molecule has 0 saturated heterocycles. The van der Waals surface area contributed by atoms with Crippen LogP contribution in [-0.2, 0) is 4.79 Å². The van der Waals surface area contributed by atoms with Crippen LogP contribution in [0.15, 0.2) is 12.1 Å². The van der Waals surface area contributed by atoms with E-state index < -0.39 is 0 Å². The highest BCUT2D eigenvalue weighted by Crippen LogP contribution is 2.23. The molecule has 0 heterocycles. The van der Waals surface area contributed by atoms with Gasteiger partial charge in [-0.05, 0) is 44.4 Å². The Labute approximate surface area is 110 Å². The first kappa shape index (κ1) is 14.7. The summed E-state index contributed by atoms with van der Waals surface area (Å²) in [5, 5.41) is 6.03. The molecular weight excluding hydrogens is 224 g/mol. The third kappa shape index (κ3) is 3.84. The zero-order chi connectivity index (χ0) is 13.7. The zero-order valence-corrected chi connectivity index (χ0v) is 12.1. The van der Waals surface area contributed by atoms with Crippen molar-refractivity contribution in [1.29, 1.82) is 0 Å². The van der Waals surface area contributed by atoms with Crippen molar-refractivity contribution in [2.75, 3.05) is 13.6 Å². The minimum atomic E-state index is 0.0760. The first-order chi connectivity index (χ1) is 8.45. The third-order valence-corrected chi connectivity index (χ3v) is 3.25. The second kappa shape index (κ2) is 6.55. The molecule has 1 rings (SSSR count). The predicted octanol–water partition coefficient (Wildman–Crippen LogP) is 2.40. The predicted molar refractivity (Wildman–Crippen MR) is 75.8 cm³/mol. The van der Waals surface area contributed by atoms with E-state index >= 15 is 0 Å². The Morgan fingerprint density at radius 3 is 2.28 bits per heavy atom. The van der Waals surface area contributed by atoms with Crippen LogP contribution in [0, 0.1) is 20.8 Å². The van der Waals surface area contributed by atoms with E-state index in [1.54, 1.807) is 7.05 Å². The maximum absolute atomic E-state index is 11.2. The smallest absolute Gasteiger partial charge is 0.221 e. The fourth-order valence-electron chi connectivity index (χ4n) is 2.50. The number of benzene rings is 1. The Balaban J connectivity index is 2.67. The maximum atomic E-state index is 11.2. The van der Waals surface area contributed by atoms with E-state index in [1.165, 1.54) is 22.3 Å². The van der Waals surface area contributed by atoms with Gasteiger partial charge in [0, 0.05) is 26.1 Å². The van der Waals surface area contributed by atoms with E-state index in [4.69, 9.17) is 0 Å². The fraction of sp³-hybridized carbons (Fsp3) is 0.533. The van der Waals surface area contributed by atoms with Gasteiger partial charge in [-0.2, -0.15) is 0 Å². The van der Waals surface area contributed by atoms with E-state index in [0.717, 1.165) is 0 Å². The molecule has 0 fully saturated rings. The van der Waals surface area contributed by atoms with Crippen LogP contribution < -0.4 is 10.6 Å². The monoisotopic (exact) mass is 248 g/mol. The molecule has 1 aromatic rings. The highest BCUT2D eigenvalue weighted by Gasteiger charge is 2.11. The quantitative estimate of drug-likeness (QED) is 0.840. The summed E-state index contributed by atoms with van der Waals surface area (Å²) in [5.74, 6) is 0.0760. The average molecular weight is 248 g/mol. The molecule has 1 amide bonds. The van der Waals surface area contributed by atoms with Crippen LogP contribution in [0.25, 0.3) is 0 Å². The molecule has 0 bridgehead atoms. The van der Waals surface area contributed by atoms with E-state index in [2.05, 4.69) is 50.5 Å². The van der Waals surface area contributed by atoms with Gasteiger partial charge in [0.25, 0.3) is 0 Å². The largest absolute Gasteiger partial charge is 0.359 e. The van der Waals surface area contributed by atoms with E-state index in [0.29, 0.717) is 13.0 Å². The second-order valence-electron chi connectivity index (χ2n) is 4.91. The minimum Gasteiger partial charge on any atom is -0.359 e. The Morgan fingerprint density at radius 2 is 1.78 bits per heavy atom. The lowest BCUT2D eigenvalue weighted by Gasteiger charge is -2.19. The Bertz CT molecular complexity index is 403. The van der Waals surface area contributed by atoms with Gasteiger partial charge >= 0.3 is 0 Å². The molecule has 2 N–H and O–H groups in total. The van der Waals surface area contributed by atoms with Crippen molar-refractivity contribution >= 4 is 5.91 Å². The lowest BCUT2D eigenvalue weighted by Crippen LogP contribution is -2.27. The van der Waals surface area contributed by atoms with Crippen molar-refractivity contribution in [3.05, 3.63) is 34.4 Å². The lowest BCUT2D eigenvalue weighted by atomic mass is 9.95. The Kier molecular flexibility index (Phi) is 5.35. The summed E-state index contributed by atoms with van der Waals surface area (Å²) in [6.45, 7) is 9.26. The van der Waals surface area contributed by atoms with Crippen LogP contribution in [-0.4, -0.2) is 19.5 Å². The molecule has 0 spiro atoms. The maximum Gasteiger partial charge on any atom is 0.221 e. The van der Waals surface area contributed by atoms with Crippen molar-refractivity contribution in [3.8, 4) is 0 Å². The zero-order valence-electron chi connectivity index (χ0n) is 12.1. The Hall–Kier alpha value is -1.35. The molecule has 0 aromatic heterocycles. The van der Waals surface area contributed by atoms with Crippen LogP contribution in [0.5, 0.6) is 0 Å². The fourth-order valence-corrected chi connectivity index (χ4v) is 2.50. The van der Waals surface area contributed by atoms with E-state index in [-0.39, 0.29) is 11.9 Å². The topological polar surface area (TPSA) is 41.1 Å². The van der Waals surface area contributed by atoms with Gasteiger partial charge in [-0.3, -0.25) is 4.79 Å². The molecule has 1 atom stereocenters. The average Bonchev–Trinajstić information content (AvgIpc) is 2.27. The number of amides is 1. The number of carbonyl (C=O) groups is 1. The molecular formula is C15H24N2O. The van der Waals surface area contributed by atoms with Gasteiger partial charge in [-0.1, -0.05) is 17.7 Å². The van der Waals surface area contributed by atoms with Crippen LogP contribution in [0.1, 0.15) is 41.6 Å². The molecule has 1 unspecified atom stereocenters. The van der Waals surface area contributed by atoms with Crippen molar-refractivity contribution in [2.24, 2.45) is 0 Å². The van der Waals surface area contributed by atoms with Crippen LogP contribution in [0.3, 0.4) is 0 Å². The second-order valence-corrected chi connectivity index (χ2v) is 4.91. The van der Waals surface area contributed by atoms with Gasteiger partial charge in [0.2, 0.25) is 5.91 Å². The molecule has 0 aliphatic rings. The molecule has 18 heavy (non-hydrogen) atoms. The number of carbonyl (C=O) groups excluding carboxylic acids is 1.